The molecule has 0 bridgehead atoms. The zero-order valence-electron chi connectivity index (χ0n) is 17.2. The minimum Gasteiger partial charge on any atom is -0.490 e. The second-order valence-electron chi connectivity index (χ2n) is 7.42. The highest BCUT2D eigenvalue weighted by Crippen LogP contribution is 2.33. The Morgan fingerprint density at radius 3 is 2.38 bits per heavy atom. The molecule has 0 unspecified atom stereocenters. The Labute approximate surface area is 173 Å². The van der Waals surface area contributed by atoms with Crippen molar-refractivity contribution in [3.05, 3.63) is 18.2 Å². The number of hydrogen-bond acceptors (Lipinski definition) is 6. The van der Waals surface area contributed by atoms with Gasteiger partial charge < -0.3 is 14.8 Å². The number of nitrogens with one attached hydrogen (secondary N) is 1. The van der Waals surface area contributed by atoms with Crippen LogP contribution in [0.3, 0.4) is 0 Å². The number of nitrogens with zero attached hydrogens (tertiary/aromatic N) is 2. The van der Waals surface area contributed by atoms with Gasteiger partial charge in [0.25, 0.3) is 0 Å². The third kappa shape index (κ3) is 5.40. The maximum absolute atomic E-state index is 13.0. The number of carbonyl (C=O) groups is 1. The van der Waals surface area contributed by atoms with Gasteiger partial charge in [-0.05, 0) is 25.0 Å². The molecule has 1 aromatic rings. The maximum atomic E-state index is 13.0. The van der Waals surface area contributed by atoms with E-state index in [1.165, 1.54) is 4.31 Å². The van der Waals surface area contributed by atoms with Gasteiger partial charge in [-0.1, -0.05) is 13.8 Å². The van der Waals surface area contributed by atoms with Gasteiger partial charge in [0.15, 0.2) is 11.5 Å². The van der Waals surface area contributed by atoms with Crippen LogP contribution >= 0.6 is 0 Å². The average molecular weight is 426 g/mol. The quantitative estimate of drug-likeness (QED) is 0.712. The van der Waals surface area contributed by atoms with Crippen LogP contribution in [-0.4, -0.2) is 75.5 Å². The lowest BCUT2D eigenvalue weighted by molar-refractivity contribution is -0.123. The first kappa shape index (κ1) is 21.9. The summed E-state index contributed by atoms with van der Waals surface area (Å²) in [5.74, 6) is 1.05. The molecule has 0 spiro atoms. The van der Waals surface area contributed by atoms with Crippen molar-refractivity contribution in [3.63, 3.8) is 0 Å². The summed E-state index contributed by atoms with van der Waals surface area (Å²) in [7, 11) is -3.62. The Hall–Kier alpha value is -1.84. The van der Waals surface area contributed by atoms with Gasteiger partial charge in [0, 0.05) is 44.7 Å². The van der Waals surface area contributed by atoms with Gasteiger partial charge in [0.1, 0.15) is 0 Å². The Morgan fingerprint density at radius 1 is 1.07 bits per heavy atom. The minimum absolute atomic E-state index is 0.00194. The standard InChI is InChI=1S/C20H31N3O5S/c1-3-16(4-2)21-20(24)15-22-8-10-23(11-9-22)29(25,26)17-6-7-18-19(14-17)28-13-5-12-27-18/h6-7,14,16H,3-5,8-13,15H2,1-2H3,(H,21,24). The molecule has 2 heterocycles. The predicted molar refractivity (Wildman–Crippen MR) is 110 cm³/mol. The number of piperazine rings is 1. The molecule has 8 nitrogen and oxygen atoms in total. The lowest BCUT2D eigenvalue weighted by atomic mass is 10.2. The van der Waals surface area contributed by atoms with Gasteiger partial charge in [0.2, 0.25) is 15.9 Å². The molecule has 1 N–H and O–H groups in total. The summed E-state index contributed by atoms with van der Waals surface area (Å²) < 4.78 is 38.8. The zero-order chi connectivity index (χ0) is 20.9. The van der Waals surface area contributed by atoms with E-state index in [1.54, 1.807) is 18.2 Å². The second kappa shape index (κ2) is 9.77. The van der Waals surface area contributed by atoms with Crippen LogP contribution in [0.1, 0.15) is 33.1 Å². The van der Waals surface area contributed by atoms with E-state index < -0.39 is 10.0 Å². The fourth-order valence-electron chi connectivity index (χ4n) is 3.55. The molecule has 3 rings (SSSR count). The van der Waals surface area contributed by atoms with Crippen LogP contribution in [0.2, 0.25) is 0 Å². The summed E-state index contributed by atoms with van der Waals surface area (Å²) in [6.07, 6.45) is 2.58. The number of benzene rings is 1. The van der Waals surface area contributed by atoms with E-state index in [4.69, 9.17) is 9.47 Å². The van der Waals surface area contributed by atoms with Crippen LogP contribution in [0.5, 0.6) is 11.5 Å². The molecule has 1 saturated heterocycles. The van der Waals surface area contributed by atoms with Crippen molar-refractivity contribution in [2.75, 3.05) is 45.9 Å². The van der Waals surface area contributed by atoms with Crippen molar-refractivity contribution in [3.8, 4) is 11.5 Å². The molecule has 1 aromatic carbocycles. The Morgan fingerprint density at radius 2 is 1.72 bits per heavy atom. The molecule has 1 amide bonds. The average Bonchev–Trinajstić information content (AvgIpc) is 2.97. The second-order valence-corrected chi connectivity index (χ2v) is 9.36. The number of amides is 1. The minimum atomic E-state index is -3.62. The van der Waals surface area contributed by atoms with E-state index >= 15 is 0 Å². The normalized spacial score (nSPS) is 18.4. The van der Waals surface area contributed by atoms with Gasteiger partial charge in [-0.15, -0.1) is 0 Å². The van der Waals surface area contributed by atoms with Crippen LogP contribution in [0.15, 0.2) is 23.1 Å². The summed E-state index contributed by atoms with van der Waals surface area (Å²) in [4.78, 5) is 14.4. The molecule has 2 aliphatic rings. The maximum Gasteiger partial charge on any atom is 0.243 e. The number of hydrogen-bond donors (Lipinski definition) is 1. The third-order valence-electron chi connectivity index (χ3n) is 5.41. The molecular weight excluding hydrogens is 394 g/mol. The Balaban J connectivity index is 1.58. The van der Waals surface area contributed by atoms with Crippen molar-refractivity contribution in [1.29, 1.82) is 0 Å². The summed E-state index contributed by atoms with van der Waals surface area (Å²) in [6, 6.07) is 4.97. The van der Waals surface area contributed by atoms with Crippen molar-refractivity contribution in [1.82, 2.24) is 14.5 Å². The lowest BCUT2D eigenvalue weighted by Gasteiger charge is -2.33. The molecule has 9 heteroatoms. The van der Waals surface area contributed by atoms with Crippen LogP contribution in [0.25, 0.3) is 0 Å². The first-order valence-electron chi connectivity index (χ1n) is 10.4. The van der Waals surface area contributed by atoms with E-state index in [0.29, 0.717) is 57.4 Å². The summed E-state index contributed by atoms with van der Waals surface area (Å²) in [5, 5.41) is 3.03. The number of carbonyl (C=O) groups excluding carboxylic acids is 1. The van der Waals surface area contributed by atoms with E-state index in [1.807, 2.05) is 4.90 Å². The zero-order valence-corrected chi connectivity index (χ0v) is 18.0. The highest BCUT2D eigenvalue weighted by molar-refractivity contribution is 7.89. The molecule has 0 aliphatic carbocycles. The molecule has 0 saturated carbocycles. The van der Waals surface area contributed by atoms with Crippen LogP contribution in [0, 0.1) is 0 Å². The third-order valence-corrected chi connectivity index (χ3v) is 7.30. The van der Waals surface area contributed by atoms with Crippen molar-refractivity contribution < 1.29 is 22.7 Å². The number of sulfonamides is 1. The van der Waals surface area contributed by atoms with Crippen molar-refractivity contribution in [2.24, 2.45) is 0 Å². The topological polar surface area (TPSA) is 88.2 Å². The van der Waals surface area contributed by atoms with Gasteiger partial charge in [-0.2, -0.15) is 4.31 Å². The summed E-state index contributed by atoms with van der Waals surface area (Å²) in [6.45, 7) is 7.24. The lowest BCUT2D eigenvalue weighted by Crippen LogP contribution is -2.51. The SMILES string of the molecule is CCC(CC)NC(=O)CN1CCN(S(=O)(=O)c2ccc3c(c2)OCCCO3)CC1. The summed E-state index contributed by atoms with van der Waals surface area (Å²) in [5.41, 5.74) is 0. The summed E-state index contributed by atoms with van der Waals surface area (Å²) >= 11 is 0. The molecular formula is C20H31N3O5S. The molecule has 162 valence electrons. The highest BCUT2D eigenvalue weighted by atomic mass is 32.2. The highest BCUT2D eigenvalue weighted by Gasteiger charge is 2.30. The van der Waals surface area contributed by atoms with Gasteiger partial charge in [0.05, 0.1) is 24.7 Å². The van der Waals surface area contributed by atoms with Crippen LogP contribution in [0.4, 0.5) is 0 Å². The Bertz CT molecular complexity index is 802. The first-order valence-corrected chi connectivity index (χ1v) is 11.8. The molecule has 0 aromatic heterocycles. The predicted octanol–water partition coefficient (Wildman–Crippen LogP) is 1.46. The van der Waals surface area contributed by atoms with Gasteiger partial charge in [-0.3, -0.25) is 9.69 Å². The first-order chi connectivity index (χ1) is 13.9. The van der Waals surface area contributed by atoms with E-state index in [9.17, 15) is 13.2 Å². The molecule has 29 heavy (non-hydrogen) atoms. The number of ether oxygens (including phenoxy) is 2. The Kier molecular flexibility index (Phi) is 7.37. The fraction of sp³-hybridized carbons (Fsp3) is 0.650. The smallest absolute Gasteiger partial charge is 0.243 e. The van der Waals surface area contributed by atoms with Crippen molar-refractivity contribution >= 4 is 15.9 Å². The number of fused-ring (bicyclic) bond motifs is 1. The van der Waals surface area contributed by atoms with Crippen molar-refractivity contribution in [2.45, 2.75) is 44.0 Å². The van der Waals surface area contributed by atoms with E-state index in [2.05, 4.69) is 19.2 Å². The monoisotopic (exact) mass is 425 g/mol. The van der Waals surface area contributed by atoms with Crippen LogP contribution < -0.4 is 14.8 Å². The van der Waals surface area contributed by atoms with Gasteiger partial charge >= 0.3 is 0 Å². The van der Waals surface area contributed by atoms with E-state index in [0.717, 1.165) is 19.3 Å². The molecule has 0 atom stereocenters. The number of rotatable bonds is 7. The molecule has 1 fully saturated rings. The molecule has 0 radical (unpaired) electrons. The fourth-order valence-corrected chi connectivity index (χ4v) is 4.99. The largest absolute Gasteiger partial charge is 0.490 e. The molecule has 2 aliphatic heterocycles. The van der Waals surface area contributed by atoms with Gasteiger partial charge in [-0.25, -0.2) is 8.42 Å². The van der Waals surface area contributed by atoms with Crippen LogP contribution in [-0.2, 0) is 14.8 Å². The van der Waals surface area contributed by atoms with E-state index in [-0.39, 0.29) is 16.8 Å².